The number of pyridine rings is 2. The van der Waals surface area contributed by atoms with Crippen LogP contribution in [0, 0.1) is 75.1 Å². The monoisotopic (exact) mass is 732 g/mol. The first-order valence-electron chi connectivity index (χ1n) is 15.6. The van der Waals surface area contributed by atoms with Gasteiger partial charge in [-0.2, -0.15) is 0 Å². The maximum absolute atomic E-state index is 3.35. The molecule has 0 fully saturated rings. The molecule has 4 heteroatoms. The highest BCUT2D eigenvalue weighted by atomic mass is 79.9. The number of alkyl halides is 2. The highest BCUT2D eigenvalue weighted by molar-refractivity contribution is 9.09. The number of benzene rings is 2. The topological polar surface area (TPSA) is 7.76 Å². The fraction of sp³-hybridized carbons (Fsp3) is 0.286. The lowest BCUT2D eigenvalue weighted by Gasteiger charge is -1.97. The summed E-state index contributed by atoms with van der Waals surface area (Å²) in [5.41, 5.74) is 9.31. The van der Waals surface area contributed by atoms with E-state index in [1.165, 1.54) is 22.3 Å². The Kier molecular flexibility index (Phi) is 16.5. The third kappa shape index (κ3) is 14.8. The average Bonchev–Trinajstić information content (AvgIpc) is 3.03. The minimum absolute atomic E-state index is 0.839. The van der Waals surface area contributed by atoms with Gasteiger partial charge in [0.15, 0.2) is 37.9 Å². The van der Waals surface area contributed by atoms with Gasteiger partial charge in [0.1, 0.15) is 0 Å². The Labute approximate surface area is 293 Å². The van der Waals surface area contributed by atoms with E-state index in [0.717, 1.165) is 71.7 Å². The molecule has 0 aliphatic carbocycles. The van der Waals surface area contributed by atoms with Crippen molar-refractivity contribution < 1.29 is 9.13 Å². The first kappa shape index (κ1) is 36.4. The maximum Gasteiger partial charge on any atom is 0.171 e. The van der Waals surface area contributed by atoms with Gasteiger partial charge >= 0.3 is 0 Å². The van der Waals surface area contributed by atoms with Crippen LogP contribution in [-0.4, -0.2) is 10.7 Å². The van der Waals surface area contributed by atoms with Crippen LogP contribution < -0.4 is 9.13 Å². The summed E-state index contributed by atoms with van der Waals surface area (Å²) in [5.74, 6) is 25.4. The number of rotatable bonds is 6. The molecule has 0 radical (unpaired) electrons. The van der Waals surface area contributed by atoms with Crippen LogP contribution in [0.5, 0.6) is 0 Å². The molecule has 2 heterocycles. The minimum Gasteiger partial charge on any atom is -0.204 e. The molecule has 4 aromatic rings. The summed E-state index contributed by atoms with van der Waals surface area (Å²) < 4.78 is 4.43. The lowest BCUT2D eigenvalue weighted by Crippen LogP contribution is -2.33. The molecule has 2 nitrogen and oxygen atoms in total. The number of aryl methyl sites for hydroxylation is 6. The van der Waals surface area contributed by atoms with Crippen molar-refractivity contribution in [1.82, 2.24) is 0 Å². The Hall–Kier alpha value is -4.06. The van der Waals surface area contributed by atoms with E-state index in [2.05, 4.69) is 177 Å². The van der Waals surface area contributed by atoms with E-state index in [4.69, 9.17) is 0 Å². The van der Waals surface area contributed by atoms with Gasteiger partial charge in [-0.05, 0) is 88.4 Å². The molecule has 4 rings (SSSR count). The molecule has 0 atom stereocenters. The largest absolute Gasteiger partial charge is 0.204 e. The normalized spacial score (nSPS) is 9.52. The minimum atomic E-state index is 0.839. The molecule has 46 heavy (non-hydrogen) atoms. The smallest absolute Gasteiger partial charge is 0.171 e. The van der Waals surface area contributed by atoms with E-state index in [9.17, 15) is 0 Å². The quantitative estimate of drug-likeness (QED) is 0.107. The van der Waals surface area contributed by atoms with Gasteiger partial charge in [0, 0.05) is 68.0 Å². The molecule has 0 aliphatic rings. The Balaban J connectivity index is 0.000000304. The van der Waals surface area contributed by atoms with Gasteiger partial charge in [-0.25, -0.2) is 9.13 Å². The van der Waals surface area contributed by atoms with E-state index < -0.39 is 0 Å². The molecule has 0 unspecified atom stereocenters. The fourth-order valence-electron chi connectivity index (χ4n) is 4.64. The van der Waals surface area contributed by atoms with Gasteiger partial charge in [-0.15, -0.1) is 0 Å². The molecule has 0 spiro atoms. The van der Waals surface area contributed by atoms with Crippen molar-refractivity contribution in [1.29, 1.82) is 0 Å². The van der Waals surface area contributed by atoms with E-state index in [1.54, 1.807) is 0 Å². The van der Waals surface area contributed by atoms with Crippen LogP contribution >= 0.6 is 31.9 Å². The molecule has 0 amide bonds. The molecule has 232 valence electrons. The summed E-state index contributed by atoms with van der Waals surface area (Å²) in [6.45, 7) is 10.3. The van der Waals surface area contributed by atoms with Crippen molar-refractivity contribution >= 4 is 31.9 Å². The number of hydrogen-bond donors (Lipinski definition) is 0. The standard InChI is InChI=1S/C28H30N2.C14H12Br2/c1-23-17-24(2)20-29(19-23)15-7-5-9-27-11-13-28(14-12-27)10-6-8-16-30-21-25(3)18-26(4)22-30;15-11-3-1-5-13-7-9-14(10-8-13)6-2-4-12-16/h11-14,17-22H,7-8,15-16H2,1-4H3;7-10H,3-4,11-12H2/q+2;. The predicted molar refractivity (Wildman–Crippen MR) is 199 cm³/mol. The molecule has 2 aromatic carbocycles. The lowest BCUT2D eigenvalue weighted by molar-refractivity contribution is -0.696. The van der Waals surface area contributed by atoms with E-state index >= 15 is 0 Å². The summed E-state index contributed by atoms with van der Waals surface area (Å²) in [7, 11) is 0. The molecular formula is C42H42Br2N2+2. The Bertz CT molecular complexity index is 1630. The molecule has 0 saturated heterocycles. The van der Waals surface area contributed by atoms with Crippen LogP contribution in [0.4, 0.5) is 0 Å². The first-order valence-corrected chi connectivity index (χ1v) is 17.8. The Morgan fingerprint density at radius 2 is 0.696 bits per heavy atom. The molecule has 0 aliphatic heterocycles. The third-order valence-electron chi connectivity index (χ3n) is 6.52. The zero-order valence-corrected chi connectivity index (χ0v) is 30.6. The third-order valence-corrected chi connectivity index (χ3v) is 7.31. The summed E-state index contributed by atoms with van der Waals surface area (Å²) in [6.07, 6.45) is 12.1. The molecule has 2 aromatic heterocycles. The average molecular weight is 735 g/mol. The van der Waals surface area contributed by atoms with Crippen molar-refractivity contribution in [3.63, 3.8) is 0 Å². The van der Waals surface area contributed by atoms with Crippen molar-refractivity contribution in [3.8, 4) is 47.4 Å². The highest BCUT2D eigenvalue weighted by Crippen LogP contribution is 2.04. The summed E-state index contributed by atoms with van der Waals surface area (Å²) in [5, 5.41) is 1.85. The van der Waals surface area contributed by atoms with Crippen LogP contribution in [0.15, 0.2) is 85.5 Å². The van der Waals surface area contributed by atoms with Gasteiger partial charge in [0.05, 0.1) is 12.8 Å². The Morgan fingerprint density at radius 3 is 0.957 bits per heavy atom. The van der Waals surface area contributed by atoms with Crippen molar-refractivity contribution in [2.24, 2.45) is 0 Å². The lowest BCUT2D eigenvalue weighted by atomic mass is 10.1. The number of nitrogens with zero attached hydrogens (tertiary/aromatic N) is 2. The molecular weight excluding hydrogens is 692 g/mol. The summed E-state index contributed by atoms with van der Waals surface area (Å²) >= 11 is 6.69. The molecule has 0 bridgehead atoms. The number of aromatic nitrogens is 2. The second kappa shape index (κ2) is 20.9. The highest BCUT2D eigenvalue weighted by Gasteiger charge is 2.02. The van der Waals surface area contributed by atoms with E-state index in [1.807, 2.05) is 24.3 Å². The van der Waals surface area contributed by atoms with Gasteiger partial charge in [0.2, 0.25) is 0 Å². The summed E-state index contributed by atoms with van der Waals surface area (Å²) in [6, 6.07) is 20.7. The summed E-state index contributed by atoms with van der Waals surface area (Å²) in [4.78, 5) is 0. The van der Waals surface area contributed by atoms with Gasteiger partial charge in [-0.1, -0.05) is 79.2 Å². The van der Waals surface area contributed by atoms with E-state index in [0.29, 0.717) is 0 Å². The van der Waals surface area contributed by atoms with Crippen molar-refractivity contribution in [2.75, 3.05) is 10.7 Å². The fourth-order valence-corrected chi connectivity index (χ4v) is 5.04. The SMILES string of the molecule is BrCCC#Cc1ccc(C#CCCBr)cc1.Cc1cc(C)c[n+](CCC#Cc2ccc(C#CCC[n+]3cc(C)cc(C)c3)cc2)c1. The maximum atomic E-state index is 3.35. The number of halogens is 2. The first-order chi connectivity index (χ1) is 22.3. The van der Waals surface area contributed by atoms with E-state index in [-0.39, 0.29) is 0 Å². The zero-order valence-electron chi connectivity index (χ0n) is 27.4. The molecule has 0 saturated carbocycles. The second-order valence-electron chi connectivity index (χ2n) is 11.0. The van der Waals surface area contributed by atoms with Crippen LogP contribution in [0.25, 0.3) is 0 Å². The predicted octanol–water partition coefficient (Wildman–Crippen LogP) is 8.34. The molecule has 0 N–H and O–H groups in total. The zero-order chi connectivity index (χ0) is 33.0. The van der Waals surface area contributed by atoms with Crippen molar-refractivity contribution in [3.05, 3.63) is 130 Å². The van der Waals surface area contributed by atoms with Crippen LogP contribution in [-0.2, 0) is 13.1 Å². The van der Waals surface area contributed by atoms with Crippen LogP contribution in [0.1, 0.15) is 70.2 Å². The van der Waals surface area contributed by atoms with Crippen molar-refractivity contribution in [2.45, 2.75) is 66.5 Å². The second-order valence-corrected chi connectivity index (χ2v) is 12.6. The number of hydrogen-bond acceptors (Lipinski definition) is 0. The van der Waals surface area contributed by atoms with Gasteiger partial charge in [-0.3, -0.25) is 0 Å². The van der Waals surface area contributed by atoms with Gasteiger partial charge < -0.3 is 0 Å². The Morgan fingerprint density at radius 1 is 0.435 bits per heavy atom. The van der Waals surface area contributed by atoms with Gasteiger partial charge in [0.25, 0.3) is 0 Å². The van der Waals surface area contributed by atoms with Crippen LogP contribution in [0.2, 0.25) is 0 Å². The van der Waals surface area contributed by atoms with Crippen LogP contribution in [0.3, 0.4) is 0 Å².